The molecule has 632 valence electrons. The summed E-state index contributed by atoms with van der Waals surface area (Å²) in [5.41, 5.74) is -9.40. The number of ether oxygens (including phenoxy) is 10. The second-order valence-electron chi connectivity index (χ2n) is 25.6. The van der Waals surface area contributed by atoms with Crippen LogP contribution in [0.25, 0.3) is 0 Å². The topological polar surface area (TPSA) is 769 Å². The van der Waals surface area contributed by atoms with Gasteiger partial charge in [0.15, 0.2) is 162 Å². The zero-order valence-electron chi connectivity index (χ0n) is 60.2. The standard InChI is InChI=1S/C77H54O45/c78-34(23-1-45(89)61(99)50(16-23)114-69(105)24-2-35(79)56(94)36(80)3-24)21-33-66(120-74(110)30-13-47(91)63(101)52(18-30)116-71(107)26-6-39(83)58(96)40(84)7-26)67(121-75(111)31-14-48(92)64(102)53(19-31)117-72(108)27-8-41(85)59(97)42(86)9-27)55(22-113-68(104)29-12-46(90)62(100)51(17-29)115-70(106)25-4-37(81)57(95)38(82)5-25)119-77(33)122-76(112)32-15-49(93)65(103)54(20-32)118-73(109)28-10-43(87)60(98)44(88)11-28/h1-20,33,55,66-67,77,79-103H,21-22H2/t33-,55-,66-,67-,77+/m1/s1. The predicted octanol–water partition coefficient (Wildman–Crippen LogP) is 5.50. The minimum atomic E-state index is -2.89. The first-order valence-corrected chi connectivity index (χ1v) is 33.5. The smallest absolute Gasteiger partial charge is 0.343 e. The van der Waals surface area contributed by atoms with Crippen molar-refractivity contribution in [3.05, 3.63) is 177 Å². The van der Waals surface area contributed by atoms with E-state index in [4.69, 9.17) is 47.4 Å². The van der Waals surface area contributed by atoms with E-state index in [9.17, 15) is 156 Å². The summed E-state index contributed by atoms with van der Waals surface area (Å²) >= 11 is 0. The molecule has 0 bridgehead atoms. The molecule has 11 rings (SSSR count). The number of carbonyl (C=O) groups is 10. The Labute approximate surface area is 673 Å². The van der Waals surface area contributed by atoms with Gasteiger partial charge in [0.05, 0.1) is 56.0 Å². The minimum Gasteiger partial charge on any atom is -0.504 e. The third-order valence-electron chi connectivity index (χ3n) is 17.4. The van der Waals surface area contributed by atoms with Crippen LogP contribution in [0.3, 0.4) is 0 Å². The lowest BCUT2D eigenvalue weighted by molar-refractivity contribution is -0.266. The van der Waals surface area contributed by atoms with E-state index in [1.54, 1.807) is 0 Å². The number of Topliss-reactive ketones (excluding diaryl/α,β-unsaturated/α-hetero) is 1. The molecule has 0 radical (unpaired) electrons. The van der Waals surface area contributed by atoms with Crippen molar-refractivity contribution < 1.29 is 223 Å². The summed E-state index contributed by atoms with van der Waals surface area (Å²) in [6.07, 6.45) is -12.9. The van der Waals surface area contributed by atoms with Gasteiger partial charge in [-0.2, -0.15) is 0 Å². The van der Waals surface area contributed by atoms with Gasteiger partial charge >= 0.3 is 53.7 Å². The summed E-state index contributed by atoms with van der Waals surface area (Å²) < 4.78 is 55.3. The van der Waals surface area contributed by atoms with Gasteiger partial charge in [-0.25, -0.2) is 43.2 Å². The molecule has 0 spiro atoms. The Morgan fingerprint density at radius 1 is 0.230 bits per heavy atom. The zero-order valence-corrected chi connectivity index (χ0v) is 60.2. The van der Waals surface area contributed by atoms with Crippen LogP contribution in [-0.4, -0.2) is 218 Å². The molecule has 10 aromatic rings. The fourth-order valence-corrected chi connectivity index (χ4v) is 11.2. The number of benzene rings is 10. The Kier molecular flexibility index (Phi) is 23.3. The Balaban J connectivity index is 1.09. The average Bonchev–Trinajstić information content (AvgIpc) is 0.763. The van der Waals surface area contributed by atoms with Crippen molar-refractivity contribution in [1.29, 1.82) is 0 Å². The third kappa shape index (κ3) is 17.6. The van der Waals surface area contributed by atoms with Gasteiger partial charge in [0, 0.05) is 12.0 Å². The van der Waals surface area contributed by atoms with E-state index in [1.807, 2.05) is 0 Å². The number of carbonyl (C=O) groups excluding carboxylic acids is 10. The Morgan fingerprint density at radius 3 is 0.680 bits per heavy atom. The van der Waals surface area contributed by atoms with Crippen molar-refractivity contribution in [2.24, 2.45) is 5.92 Å². The van der Waals surface area contributed by atoms with E-state index < -0.39 is 331 Å². The molecule has 0 aliphatic carbocycles. The Hall–Kier alpha value is -17.9. The van der Waals surface area contributed by atoms with E-state index in [0.717, 1.165) is 0 Å². The van der Waals surface area contributed by atoms with Crippen molar-refractivity contribution in [3.63, 3.8) is 0 Å². The van der Waals surface area contributed by atoms with Gasteiger partial charge in [0.1, 0.15) is 12.7 Å². The first kappa shape index (κ1) is 85.0. The minimum absolute atomic E-state index is 0.335. The lowest BCUT2D eigenvalue weighted by atomic mass is 9.85. The molecule has 25 N–H and O–H groups in total. The number of rotatable bonds is 22. The lowest BCUT2D eigenvalue weighted by Crippen LogP contribution is -2.60. The molecule has 45 heteroatoms. The SMILES string of the molecule is O=C(C[C@H]1[C@H](OC(=O)c2cc(O)c(O)c(OC(=O)c3cc(O)c(O)c(O)c3)c2)O[C@H](COC(=O)c2cc(O)c(O)c(OC(=O)c3cc(O)c(O)c(O)c3)c2)[C@@H](OC(=O)c2cc(O)c(O)c(OC(=O)c3cc(O)c(O)c(O)c3)c2)[C@@H]1OC(=O)c1cc(O)c(O)c(OC(=O)c2cc(O)c(O)c(O)c2)c1)c1cc(O)c(O)c(OC(=O)c2cc(O)c(O)c(O)c2)c1. The summed E-state index contributed by atoms with van der Waals surface area (Å²) in [4.78, 5) is 143. The normalized spacial score (nSPS) is 14.7. The van der Waals surface area contributed by atoms with Crippen LogP contribution < -0.4 is 23.7 Å². The number of hydrogen-bond donors (Lipinski definition) is 25. The third-order valence-corrected chi connectivity index (χ3v) is 17.4. The van der Waals surface area contributed by atoms with E-state index in [2.05, 4.69) is 0 Å². The summed E-state index contributed by atoms with van der Waals surface area (Å²) in [6.45, 7) is -1.65. The van der Waals surface area contributed by atoms with Crippen LogP contribution in [0, 0.1) is 5.92 Å². The maximum Gasteiger partial charge on any atom is 0.343 e. The van der Waals surface area contributed by atoms with Crippen LogP contribution in [0.4, 0.5) is 0 Å². The fourth-order valence-electron chi connectivity index (χ4n) is 11.2. The van der Waals surface area contributed by atoms with Crippen molar-refractivity contribution in [3.8, 4) is 172 Å². The molecule has 45 nitrogen and oxygen atoms in total. The quantitative estimate of drug-likeness (QED) is 0.0131. The number of phenolic OH excluding ortho intramolecular Hbond substituents is 25. The first-order chi connectivity index (χ1) is 57.4. The molecule has 1 aliphatic rings. The van der Waals surface area contributed by atoms with Crippen molar-refractivity contribution in [2.75, 3.05) is 6.61 Å². The maximum absolute atomic E-state index is 15.4. The number of esters is 9. The summed E-state index contributed by atoms with van der Waals surface area (Å²) in [5, 5.41) is 262. The largest absolute Gasteiger partial charge is 0.504 e. The molecule has 0 saturated carbocycles. The van der Waals surface area contributed by atoms with Crippen LogP contribution in [0.1, 0.15) is 110 Å². The molecule has 0 amide bonds. The highest BCUT2D eigenvalue weighted by molar-refractivity contribution is 6.01. The number of ketones is 1. The van der Waals surface area contributed by atoms with Gasteiger partial charge < -0.3 is 175 Å². The van der Waals surface area contributed by atoms with E-state index >= 15 is 19.2 Å². The molecule has 1 aliphatic heterocycles. The van der Waals surface area contributed by atoms with Crippen molar-refractivity contribution in [2.45, 2.75) is 31.0 Å². The maximum atomic E-state index is 15.4. The average molecular weight is 1700 g/mol. The highest BCUT2D eigenvalue weighted by Crippen LogP contribution is 2.48. The monoisotopic (exact) mass is 1700 g/mol. The molecule has 1 saturated heterocycles. The van der Waals surface area contributed by atoms with Crippen LogP contribution >= 0.6 is 0 Å². The van der Waals surface area contributed by atoms with Gasteiger partial charge in [-0.05, 0) is 121 Å². The molecule has 1 fully saturated rings. The molecule has 5 atom stereocenters. The Bertz CT molecular complexity index is 5970. The molecule has 0 unspecified atom stereocenters. The summed E-state index contributed by atoms with van der Waals surface area (Å²) in [6, 6.07) is 9.22. The second kappa shape index (κ2) is 33.5. The molecule has 10 aromatic carbocycles. The van der Waals surface area contributed by atoms with Crippen LogP contribution in [0.2, 0.25) is 0 Å². The van der Waals surface area contributed by atoms with Gasteiger partial charge in [-0.15, -0.1) is 0 Å². The van der Waals surface area contributed by atoms with Crippen LogP contribution in [0.15, 0.2) is 121 Å². The predicted molar refractivity (Wildman–Crippen MR) is 386 cm³/mol. The number of aromatic hydroxyl groups is 25. The molecular weight excluding hydrogens is 1640 g/mol. The van der Waals surface area contributed by atoms with Gasteiger partial charge in [0.2, 0.25) is 35.0 Å². The fraction of sp³-hybridized carbons (Fsp3) is 0.0909. The summed E-state index contributed by atoms with van der Waals surface area (Å²) in [7, 11) is 0. The van der Waals surface area contributed by atoms with Crippen molar-refractivity contribution >= 4 is 59.5 Å². The first-order valence-electron chi connectivity index (χ1n) is 33.5. The number of phenols is 25. The Morgan fingerprint density at radius 2 is 0.426 bits per heavy atom. The highest BCUT2D eigenvalue weighted by Gasteiger charge is 2.54. The molecular formula is C77H54O45. The molecule has 1 heterocycles. The summed E-state index contributed by atoms with van der Waals surface area (Å²) in [5.74, 6) is -57.0. The van der Waals surface area contributed by atoms with E-state index in [-0.39, 0.29) is 0 Å². The highest BCUT2D eigenvalue weighted by atomic mass is 16.7. The van der Waals surface area contributed by atoms with Gasteiger partial charge in [0.25, 0.3) is 0 Å². The second-order valence-corrected chi connectivity index (χ2v) is 25.6. The van der Waals surface area contributed by atoms with E-state index in [0.29, 0.717) is 121 Å². The van der Waals surface area contributed by atoms with E-state index in [1.165, 1.54) is 0 Å². The zero-order chi connectivity index (χ0) is 89.4. The molecule has 122 heavy (non-hydrogen) atoms. The number of hydrogen-bond acceptors (Lipinski definition) is 45. The van der Waals surface area contributed by atoms with Crippen LogP contribution in [-0.2, 0) is 23.7 Å². The van der Waals surface area contributed by atoms with Crippen LogP contribution in [0.5, 0.6) is 172 Å². The van der Waals surface area contributed by atoms with Gasteiger partial charge in [-0.1, -0.05) is 0 Å². The van der Waals surface area contributed by atoms with Crippen molar-refractivity contribution in [1.82, 2.24) is 0 Å². The lowest BCUT2D eigenvalue weighted by Gasteiger charge is -2.44. The molecule has 0 aromatic heterocycles. The van der Waals surface area contributed by atoms with Gasteiger partial charge in [-0.3, -0.25) is 4.79 Å².